The second-order valence-electron chi connectivity index (χ2n) is 9.04. The molecule has 1 atom stereocenters. The highest BCUT2D eigenvalue weighted by molar-refractivity contribution is 6.00. The predicted molar refractivity (Wildman–Crippen MR) is 150 cm³/mol. The van der Waals surface area contributed by atoms with Crippen LogP contribution in [0.2, 0.25) is 0 Å². The Morgan fingerprint density at radius 1 is 1.10 bits per heavy atom. The second kappa shape index (κ2) is 10.1. The fraction of sp³-hybridized carbons (Fsp3) is 0.133. The summed E-state index contributed by atoms with van der Waals surface area (Å²) < 4.78 is 4.65. The number of nitrogens with one attached hydrogen (secondary N) is 1. The minimum Gasteiger partial charge on any atom is -0.382 e. The summed E-state index contributed by atoms with van der Waals surface area (Å²) in [6.07, 6.45) is 9.08. The molecule has 39 heavy (non-hydrogen) atoms. The lowest BCUT2D eigenvalue weighted by Gasteiger charge is -2.21. The zero-order valence-electron chi connectivity index (χ0n) is 21.6. The lowest BCUT2D eigenvalue weighted by molar-refractivity contribution is 0.0939. The maximum absolute atomic E-state index is 14.1. The van der Waals surface area contributed by atoms with Crippen molar-refractivity contribution in [2.75, 3.05) is 5.73 Å². The summed E-state index contributed by atoms with van der Waals surface area (Å²) in [5.74, 6) is 8.24. The molecular weight excluding hydrogens is 490 g/mol. The second-order valence-corrected chi connectivity index (χ2v) is 9.04. The van der Waals surface area contributed by atoms with Gasteiger partial charge in [0.05, 0.1) is 23.2 Å². The van der Waals surface area contributed by atoms with Crippen LogP contribution < -0.4 is 16.6 Å². The molecule has 1 unspecified atom stereocenters. The number of hydrogen-bond donors (Lipinski definition) is 2. The number of nitrogens with two attached hydrogens (primary N) is 1. The Balaban J connectivity index is 1.65. The molecule has 2 aromatic carbocycles. The zero-order valence-corrected chi connectivity index (χ0v) is 21.6. The van der Waals surface area contributed by atoms with Crippen LogP contribution in [-0.4, -0.2) is 30.0 Å². The summed E-state index contributed by atoms with van der Waals surface area (Å²) in [5, 5.41) is 12.3. The lowest BCUT2D eigenvalue weighted by Crippen LogP contribution is -2.32. The summed E-state index contributed by atoms with van der Waals surface area (Å²) in [4.78, 5) is 27.4. The highest BCUT2D eigenvalue weighted by Crippen LogP contribution is 2.24. The molecule has 0 aliphatic carbocycles. The molecule has 3 N–H and O–H groups in total. The van der Waals surface area contributed by atoms with Crippen molar-refractivity contribution in [3.8, 4) is 29.9 Å². The third kappa shape index (κ3) is 4.65. The van der Waals surface area contributed by atoms with Gasteiger partial charge in [-0.05, 0) is 42.5 Å². The molecule has 5 aromatic rings. The standard InChI is InChI=1S/C30H25N7O2/c1-5-24-27(28(31)34-36(24)4)29(38)33-19(2)25-16-22-11-9-10-21(15-14-20-17-32-35(3)18-20)26(22)30(39)37(25)23-12-7-6-8-13-23/h1,6-13,16-19H,2-4H3,(H2,31,34)(H,33,38). The van der Waals surface area contributed by atoms with Gasteiger partial charge in [0.15, 0.2) is 5.82 Å². The van der Waals surface area contributed by atoms with Gasteiger partial charge in [-0.25, -0.2) is 0 Å². The number of nitrogens with zero attached hydrogens (tertiary/aromatic N) is 5. The highest BCUT2D eigenvalue weighted by atomic mass is 16.2. The van der Waals surface area contributed by atoms with Gasteiger partial charge in [-0.1, -0.05) is 42.2 Å². The number of terminal acetylenes is 1. The first-order chi connectivity index (χ1) is 18.8. The van der Waals surface area contributed by atoms with Gasteiger partial charge >= 0.3 is 0 Å². The van der Waals surface area contributed by atoms with Gasteiger partial charge < -0.3 is 11.1 Å². The topological polar surface area (TPSA) is 113 Å². The fourth-order valence-electron chi connectivity index (χ4n) is 4.55. The van der Waals surface area contributed by atoms with Gasteiger partial charge in [0.2, 0.25) is 0 Å². The van der Waals surface area contributed by atoms with Crippen LogP contribution >= 0.6 is 0 Å². The summed E-state index contributed by atoms with van der Waals surface area (Å²) in [5.41, 5.74) is 8.68. The zero-order chi connectivity index (χ0) is 27.7. The van der Waals surface area contributed by atoms with E-state index in [2.05, 4.69) is 33.3 Å². The van der Waals surface area contributed by atoms with Crippen molar-refractivity contribution in [2.24, 2.45) is 14.1 Å². The van der Waals surface area contributed by atoms with Crippen LogP contribution in [0.25, 0.3) is 16.5 Å². The monoisotopic (exact) mass is 515 g/mol. The van der Waals surface area contributed by atoms with Crippen molar-refractivity contribution in [1.82, 2.24) is 29.4 Å². The molecule has 9 nitrogen and oxygen atoms in total. The number of carbonyl (C=O) groups is 1. The molecule has 3 aromatic heterocycles. The number of fused-ring (bicyclic) bond motifs is 1. The Bertz CT molecular complexity index is 1890. The molecule has 0 saturated carbocycles. The molecule has 5 rings (SSSR count). The van der Waals surface area contributed by atoms with E-state index in [1.165, 1.54) is 4.68 Å². The molecule has 0 spiro atoms. The fourth-order valence-corrected chi connectivity index (χ4v) is 4.55. The van der Waals surface area contributed by atoms with Gasteiger partial charge in [0.25, 0.3) is 11.5 Å². The molecule has 0 bridgehead atoms. The first-order valence-electron chi connectivity index (χ1n) is 12.1. The van der Waals surface area contributed by atoms with Crippen molar-refractivity contribution in [3.05, 3.63) is 105 Å². The molecule has 0 fully saturated rings. The van der Waals surface area contributed by atoms with Gasteiger partial charge in [-0.2, -0.15) is 10.2 Å². The normalized spacial score (nSPS) is 11.4. The maximum Gasteiger partial charge on any atom is 0.264 e. The molecule has 1 amide bonds. The Hall–Kier alpha value is -5.54. The summed E-state index contributed by atoms with van der Waals surface area (Å²) in [6.45, 7) is 1.80. The number of nitrogen functional groups attached to an aromatic ring is 1. The SMILES string of the molecule is C#Cc1c(C(=O)NC(C)c2cc3cccc(C#Cc4cnn(C)c4)c3c(=O)n2-c2ccccc2)c(N)nn1C. The third-order valence-corrected chi connectivity index (χ3v) is 6.37. The Kier molecular flexibility index (Phi) is 6.49. The first-order valence-corrected chi connectivity index (χ1v) is 12.1. The molecule has 0 radical (unpaired) electrons. The number of hydrogen-bond acceptors (Lipinski definition) is 5. The van der Waals surface area contributed by atoms with E-state index >= 15 is 0 Å². The summed E-state index contributed by atoms with van der Waals surface area (Å²) in [7, 11) is 3.44. The van der Waals surface area contributed by atoms with Crippen molar-refractivity contribution in [2.45, 2.75) is 13.0 Å². The van der Waals surface area contributed by atoms with Crippen molar-refractivity contribution in [1.29, 1.82) is 0 Å². The molecule has 0 aliphatic rings. The van der Waals surface area contributed by atoms with Gasteiger partial charge in [0, 0.05) is 37.2 Å². The van der Waals surface area contributed by atoms with E-state index in [1.807, 2.05) is 67.8 Å². The van der Waals surface area contributed by atoms with Crippen LogP contribution in [0.4, 0.5) is 5.82 Å². The number of carbonyl (C=O) groups excluding carboxylic acids is 1. The van der Waals surface area contributed by atoms with E-state index in [9.17, 15) is 9.59 Å². The predicted octanol–water partition coefficient (Wildman–Crippen LogP) is 2.91. The average Bonchev–Trinajstić information content (AvgIpc) is 3.47. The van der Waals surface area contributed by atoms with Crippen molar-refractivity contribution >= 4 is 22.5 Å². The summed E-state index contributed by atoms with van der Waals surface area (Å²) in [6, 6.07) is 16.1. The van der Waals surface area contributed by atoms with Crippen molar-refractivity contribution in [3.63, 3.8) is 0 Å². The van der Waals surface area contributed by atoms with Crippen LogP contribution in [0, 0.1) is 24.2 Å². The number of para-hydroxylation sites is 1. The molecule has 0 aliphatic heterocycles. The molecular formula is C30H25N7O2. The molecule has 3 heterocycles. The van der Waals surface area contributed by atoms with Crippen LogP contribution in [0.15, 0.2) is 71.8 Å². The average molecular weight is 516 g/mol. The largest absolute Gasteiger partial charge is 0.382 e. The van der Waals surface area contributed by atoms with Crippen LogP contribution in [0.5, 0.6) is 0 Å². The van der Waals surface area contributed by atoms with E-state index in [0.29, 0.717) is 27.7 Å². The van der Waals surface area contributed by atoms with Crippen LogP contribution in [0.3, 0.4) is 0 Å². The van der Waals surface area contributed by atoms with E-state index in [0.717, 1.165) is 5.56 Å². The molecule has 9 heteroatoms. The van der Waals surface area contributed by atoms with E-state index in [1.54, 1.807) is 29.4 Å². The Labute approximate surface area is 224 Å². The highest BCUT2D eigenvalue weighted by Gasteiger charge is 2.24. The third-order valence-electron chi connectivity index (χ3n) is 6.37. The van der Waals surface area contributed by atoms with Crippen LogP contribution in [-0.2, 0) is 14.1 Å². The first kappa shape index (κ1) is 25.1. The van der Waals surface area contributed by atoms with E-state index in [4.69, 9.17) is 12.2 Å². The number of aromatic nitrogens is 5. The number of anilines is 1. The number of pyridine rings is 1. The minimum atomic E-state index is -0.592. The number of amides is 1. The lowest BCUT2D eigenvalue weighted by atomic mass is 10.0. The van der Waals surface area contributed by atoms with Gasteiger partial charge in [-0.3, -0.25) is 23.5 Å². The maximum atomic E-state index is 14.1. The van der Waals surface area contributed by atoms with E-state index in [-0.39, 0.29) is 22.6 Å². The molecule has 192 valence electrons. The number of benzene rings is 2. The molecule has 0 saturated heterocycles. The quantitative estimate of drug-likeness (QED) is 0.358. The smallest absolute Gasteiger partial charge is 0.264 e. The Morgan fingerprint density at radius 3 is 2.56 bits per heavy atom. The minimum absolute atomic E-state index is 0.0333. The Morgan fingerprint density at radius 2 is 1.87 bits per heavy atom. The number of aryl methyl sites for hydroxylation is 2. The van der Waals surface area contributed by atoms with Crippen molar-refractivity contribution < 1.29 is 4.79 Å². The van der Waals surface area contributed by atoms with E-state index < -0.39 is 11.9 Å². The van der Waals surface area contributed by atoms with Gasteiger partial charge in [0.1, 0.15) is 11.3 Å². The van der Waals surface area contributed by atoms with Gasteiger partial charge in [-0.15, -0.1) is 6.42 Å². The summed E-state index contributed by atoms with van der Waals surface area (Å²) >= 11 is 0. The van der Waals surface area contributed by atoms with Crippen LogP contribution in [0.1, 0.15) is 45.8 Å². The number of rotatable bonds is 4.